The molecule has 0 aromatic carbocycles. The molecule has 0 saturated carbocycles. The summed E-state index contributed by atoms with van der Waals surface area (Å²) < 4.78 is 26.0. The van der Waals surface area contributed by atoms with Crippen LogP contribution in [0, 0.1) is 0 Å². The van der Waals surface area contributed by atoms with Gasteiger partial charge in [-0.15, -0.1) is 0 Å². The lowest BCUT2D eigenvalue weighted by Gasteiger charge is -2.31. The molecule has 6 heteroatoms. The maximum atomic E-state index is 11.6. The van der Waals surface area contributed by atoms with Crippen LogP contribution < -0.4 is 4.72 Å². The summed E-state index contributed by atoms with van der Waals surface area (Å²) in [5.41, 5.74) is 0. The molecule has 0 bridgehead atoms. The molecule has 1 heterocycles. The van der Waals surface area contributed by atoms with Gasteiger partial charge in [-0.1, -0.05) is 6.92 Å². The molecule has 1 rings (SSSR count). The molecule has 0 unspecified atom stereocenters. The number of hydrogen-bond acceptors (Lipinski definition) is 4. The maximum Gasteiger partial charge on any atom is 0.211 e. The van der Waals surface area contributed by atoms with E-state index in [1.165, 1.54) is 0 Å². The minimum Gasteiger partial charge on any atom is -0.396 e. The van der Waals surface area contributed by atoms with Gasteiger partial charge in [-0.2, -0.15) is 0 Å². The molecule has 1 aliphatic rings. The maximum absolute atomic E-state index is 11.6. The number of sulfonamides is 1. The number of hydrogen-bond donors (Lipinski definition) is 2. The number of nitrogens with zero attached hydrogens (tertiary/aromatic N) is 1. The van der Waals surface area contributed by atoms with Crippen LogP contribution in [0.4, 0.5) is 0 Å². The van der Waals surface area contributed by atoms with E-state index >= 15 is 0 Å². The van der Waals surface area contributed by atoms with E-state index in [1.807, 2.05) is 0 Å². The molecule has 0 aromatic rings. The van der Waals surface area contributed by atoms with Gasteiger partial charge < -0.3 is 10.0 Å². The highest BCUT2D eigenvalue weighted by Gasteiger charge is 2.22. The molecule has 0 aromatic heterocycles. The Morgan fingerprint density at radius 2 is 2.00 bits per heavy atom. The van der Waals surface area contributed by atoms with Crippen molar-refractivity contribution in [3.05, 3.63) is 0 Å². The van der Waals surface area contributed by atoms with E-state index in [0.29, 0.717) is 6.42 Å². The first kappa shape index (κ1) is 14.9. The number of aliphatic hydroxyl groups is 1. The highest BCUT2D eigenvalue weighted by Crippen LogP contribution is 2.11. The summed E-state index contributed by atoms with van der Waals surface area (Å²) in [4.78, 5) is 2.37. The largest absolute Gasteiger partial charge is 0.396 e. The zero-order valence-electron chi connectivity index (χ0n) is 10.6. The lowest BCUT2D eigenvalue weighted by Crippen LogP contribution is -2.45. The molecule has 0 aliphatic carbocycles. The van der Waals surface area contributed by atoms with Gasteiger partial charge in [-0.05, 0) is 45.3 Å². The van der Waals surface area contributed by atoms with Crippen LogP contribution >= 0.6 is 0 Å². The van der Waals surface area contributed by atoms with E-state index in [-0.39, 0.29) is 18.4 Å². The Morgan fingerprint density at radius 1 is 1.35 bits per heavy atom. The molecule has 102 valence electrons. The number of piperidine rings is 1. The molecule has 0 atom stereocenters. The van der Waals surface area contributed by atoms with E-state index in [0.717, 1.165) is 38.9 Å². The van der Waals surface area contributed by atoms with Gasteiger partial charge in [0.05, 0.1) is 5.75 Å². The normalized spacial score (nSPS) is 19.6. The lowest BCUT2D eigenvalue weighted by atomic mass is 10.1. The quantitative estimate of drug-likeness (QED) is 0.687. The van der Waals surface area contributed by atoms with Crippen LogP contribution in [0.5, 0.6) is 0 Å². The average molecular weight is 264 g/mol. The number of nitrogens with one attached hydrogen (secondary N) is 1. The summed E-state index contributed by atoms with van der Waals surface area (Å²) >= 11 is 0. The van der Waals surface area contributed by atoms with Gasteiger partial charge in [0, 0.05) is 12.6 Å². The molecule has 0 radical (unpaired) electrons. The third-order valence-corrected chi connectivity index (χ3v) is 4.56. The summed E-state index contributed by atoms with van der Waals surface area (Å²) in [6.07, 6.45) is 3.23. The molecule has 17 heavy (non-hydrogen) atoms. The summed E-state index contributed by atoms with van der Waals surface area (Å²) in [7, 11) is -3.20. The van der Waals surface area contributed by atoms with Crippen molar-refractivity contribution in [2.45, 2.75) is 38.6 Å². The second-order valence-electron chi connectivity index (χ2n) is 4.63. The summed E-state index contributed by atoms with van der Waals surface area (Å²) in [6.45, 7) is 5.13. The van der Waals surface area contributed by atoms with Gasteiger partial charge in [-0.3, -0.25) is 0 Å². The first-order valence-corrected chi connectivity index (χ1v) is 8.06. The molecule has 0 amide bonds. The van der Waals surface area contributed by atoms with Crippen LogP contribution in [0.1, 0.15) is 32.6 Å². The highest BCUT2D eigenvalue weighted by atomic mass is 32.2. The van der Waals surface area contributed by atoms with Gasteiger partial charge in [0.15, 0.2) is 0 Å². The fraction of sp³-hybridized carbons (Fsp3) is 1.00. The van der Waals surface area contributed by atoms with Crippen LogP contribution in [-0.4, -0.2) is 56.5 Å². The highest BCUT2D eigenvalue weighted by molar-refractivity contribution is 7.89. The smallest absolute Gasteiger partial charge is 0.211 e. The van der Waals surface area contributed by atoms with Crippen molar-refractivity contribution in [2.75, 3.05) is 32.0 Å². The Balaban J connectivity index is 2.30. The van der Waals surface area contributed by atoms with Crippen molar-refractivity contribution in [3.8, 4) is 0 Å². The molecule has 5 nitrogen and oxygen atoms in total. The molecule has 2 N–H and O–H groups in total. The molecule has 0 spiro atoms. The molecule has 1 saturated heterocycles. The average Bonchev–Trinajstić information content (AvgIpc) is 2.29. The Labute approximate surface area is 104 Å². The van der Waals surface area contributed by atoms with Crippen molar-refractivity contribution in [3.63, 3.8) is 0 Å². The molecular weight excluding hydrogens is 240 g/mol. The SMILES string of the molecule is CCCN1CCC(NS(=O)(=O)CCCO)CC1. The van der Waals surface area contributed by atoms with E-state index in [4.69, 9.17) is 5.11 Å². The van der Waals surface area contributed by atoms with Crippen molar-refractivity contribution in [2.24, 2.45) is 0 Å². The monoisotopic (exact) mass is 264 g/mol. The van der Waals surface area contributed by atoms with Crippen LogP contribution in [0.2, 0.25) is 0 Å². The van der Waals surface area contributed by atoms with E-state index < -0.39 is 10.0 Å². The van der Waals surface area contributed by atoms with Crippen LogP contribution in [0.25, 0.3) is 0 Å². The fourth-order valence-electron chi connectivity index (χ4n) is 2.16. The van der Waals surface area contributed by atoms with Crippen LogP contribution in [0.15, 0.2) is 0 Å². The number of aliphatic hydroxyl groups excluding tert-OH is 1. The van der Waals surface area contributed by atoms with E-state index in [2.05, 4.69) is 16.5 Å². The van der Waals surface area contributed by atoms with E-state index in [9.17, 15) is 8.42 Å². The van der Waals surface area contributed by atoms with Crippen LogP contribution in [0.3, 0.4) is 0 Å². The second-order valence-corrected chi connectivity index (χ2v) is 6.50. The Kier molecular flexibility index (Phi) is 6.40. The fourth-order valence-corrected chi connectivity index (χ4v) is 3.53. The van der Waals surface area contributed by atoms with Crippen molar-refractivity contribution < 1.29 is 13.5 Å². The third kappa shape index (κ3) is 5.81. The standard InChI is InChI=1S/C11H24N2O3S/c1-2-6-13-7-4-11(5-8-13)12-17(15,16)10-3-9-14/h11-12,14H,2-10H2,1H3. The van der Waals surface area contributed by atoms with Crippen molar-refractivity contribution in [1.82, 2.24) is 9.62 Å². The lowest BCUT2D eigenvalue weighted by molar-refractivity contribution is 0.207. The van der Waals surface area contributed by atoms with Gasteiger partial charge in [0.25, 0.3) is 0 Å². The summed E-state index contributed by atoms with van der Waals surface area (Å²) in [6, 6.07) is 0.0757. The Bertz CT molecular complexity index is 298. The number of likely N-dealkylation sites (tertiary alicyclic amines) is 1. The van der Waals surface area contributed by atoms with Crippen molar-refractivity contribution >= 4 is 10.0 Å². The Morgan fingerprint density at radius 3 is 2.53 bits per heavy atom. The second kappa shape index (κ2) is 7.31. The van der Waals surface area contributed by atoms with Crippen LogP contribution in [-0.2, 0) is 10.0 Å². The molecule has 1 fully saturated rings. The third-order valence-electron chi connectivity index (χ3n) is 3.04. The molecular formula is C11H24N2O3S. The summed E-state index contributed by atoms with van der Waals surface area (Å²) in [5.74, 6) is 0.0265. The first-order valence-electron chi connectivity index (χ1n) is 6.40. The molecule has 1 aliphatic heterocycles. The van der Waals surface area contributed by atoms with Gasteiger partial charge in [0.1, 0.15) is 0 Å². The predicted molar refractivity (Wildman–Crippen MR) is 68.4 cm³/mol. The zero-order chi connectivity index (χ0) is 12.7. The number of rotatable bonds is 7. The van der Waals surface area contributed by atoms with Gasteiger partial charge >= 0.3 is 0 Å². The van der Waals surface area contributed by atoms with E-state index in [1.54, 1.807) is 0 Å². The predicted octanol–water partition coefficient (Wildman–Crippen LogP) is 0.163. The first-order chi connectivity index (χ1) is 8.07. The summed E-state index contributed by atoms with van der Waals surface area (Å²) in [5, 5.41) is 8.63. The van der Waals surface area contributed by atoms with Crippen molar-refractivity contribution in [1.29, 1.82) is 0 Å². The topological polar surface area (TPSA) is 69.6 Å². The van der Waals surface area contributed by atoms with Gasteiger partial charge in [-0.25, -0.2) is 13.1 Å². The zero-order valence-corrected chi connectivity index (χ0v) is 11.4. The minimum absolute atomic E-state index is 0.0265. The van der Waals surface area contributed by atoms with Gasteiger partial charge in [0.2, 0.25) is 10.0 Å². The minimum atomic E-state index is -3.20. The Hall–Kier alpha value is -0.170.